The van der Waals surface area contributed by atoms with Gasteiger partial charge in [0.2, 0.25) is 0 Å². The van der Waals surface area contributed by atoms with Crippen LogP contribution in [-0.4, -0.2) is 9.13 Å². The maximum Gasteiger partial charge on any atom is 0.0541 e. The van der Waals surface area contributed by atoms with E-state index in [-0.39, 0.29) is 0 Å². The van der Waals surface area contributed by atoms with Crippen LogP contribution < -0.4 is 0 Å². The lowest BCUT2D eigenvalue weighted by atomic mass is 9.90. The lowest BCUT2D eigenvalue weighted by molar-refractivity contribution is 0.899. The Morgan fingerprint density at radius 2 is 1.31 bits per heavy atom. The number of aromatic nitrogens is 2. The van der Waals surface area contributed by atoms with Crippen molar-refractivity contribution in [1.29, 1.82) is 0 Å². The Hall–Kier alpha value is -7.12. The summed E-state index contributed by atoms with van der Waals surface area (Å²) in [5, 5.41) is 6.42. The van der Waals surface area contributed by atoms with E-state index < -0.39 is 0 Å². The second kappa shape index (κ2) is 13.8. The number of terminal acetylenes is 1. The van der Waals surface area contributed by atoms with Crippen molar-refractivity contribution in [2.24, 2.45) is 0 Å². The minimum atomic E-state index is 0.938. The van der Waals surface area contributed by atoms with Crippen LogP contribution in [-0.2, 0) is 6.42 Å². The predicted molar refractivity (Wildman–Crippen MR) is 250 cm³/mol. The standard InChI is InChI=1S/C55H38N2S/c1-3-5-17-36(4-2)41-20-9-10-21-42(41)48-34-40(35-49-45-24-13-16-27-54(45)58-55(48)49)57-51-26-15-12-23-44(51)47-33-38(29-31-53(47)57)37-28-30-52-46(32-37)43-22-11-14-25-50(43)56(52)39-18-7-6-8-19-39/h1,4-28,30,32-35H,29,31H2,2H3/b17-5-,36-4+. The molecule has 3 aromatic heterocycles. The smallest absolute Gasteiger partial charge is 0.0541 e. The monoisotopic (exact) mass is 758 g/mol. The van der Waals surface area contributed by atoms with Gasteiger partial charge in [-0.1, -0.05) is 115 Å². The molecule has 3 heterocycles. The Bertz CT molecular complexity index is 3410. The Morgan fingerprint density at radius 1 is 0.603 bits per heavy atom. The van der Waals surface area contributed by atoms with Crippen molar-refractivity contribution >= 4 is 81.4 Å². The summed E-state index contributed by atoms with van der Waals surface area (Å²) in [5.74, 6) is 2.69. The van der Waals surface area contributed by atoms with Crippen LogP contribution in [0.25, 0.3) is 92.6 Å². The fourth-order valence-corrected chi connectivity index (χ4v) is 10.6. The Kier molecular flexibility index (Phi) is 8.14. The molecule has 58 heavy (non-hydrogen) atoms. The average Bonchev–Trinajstić information content (AvgIpc) is 3.94. The van der Waals surface area contributed by atoms with Crippen LogP contribution in [0.4, 0.5) is 0 Å². The van der Waals surface area contributed by atoms with E-state index >= 15 is 0 Å². The van der Waals surface area contributed by atoms with Gasteiger partial charge in [0, 0.05) is 64.5 Å². The maximum absolute atomic E-state index is 5.69. The third-order valence-electron chi connectivity index (χ3n) is 11.9. The van der Waals surface area contributed by atoms with E-state index in [1.54, 1.807) is 6.08 Å². The molecular weight excluding hydrogens is 721 g/mol. The van der Waals surface area contributed by atoms with E-state index in [1.165, 1.54) is 103 Å². The van der Waals surface area contributed by atoms with Gasteiger partial charge in [0.25, 0.3) is 0 Å². The summed E-state index contributed by atoms with van der Waals surface area (Å²) in [6.45, 7) is 2.08. The minimum Gasteiger partial charge on any atom is -0.313 e. The highest BCUT2D eigenvalue weighted by Crippen LogP contribution is 2.46. The molecule has 0 spiro atoms. The number of hydrogen-bond acceptors (Lipinski definition) is 1. The SMILES string of the molecule is C#C/C=C\C(=C/C)c1ccccc1-c1cc(-n2c3c(c4ccccc42)C=C(c2ccc4c(c2)c2ccccc2n4-c2ccccc2)CC3)cc2c1sc1ccccc12. The van der Waals surface area contributed by atoms with Gasteiger partial charge in [-0.15, -0.1) is 17.8 Å². The zero-order valence-corrected chi connectivity index (χ0v) is 32.9. The predicted octanol–water partition coefficient (Wildman–Crippen LogP) is 14.8. The summed E-state index contributed by atoms with van der Waals surface area (Å²) in [4.78, 5) is 0. The molecule has 11 rings (SSSR count). The molecule has 2 nitrogen and oxygen atoms in total. The van der Waals surface area contributed by atoms with Crippen molar-refractivity contribution in [1.82, 2.24) is 9.13 Å². The number of benzene rings is 7. The van der Waals surface area contributed by atoms with Gasteiger partial charge in [0.05, 0.1) is 16.6 Å². The first-order chi connectivity index (χ1) is 28.7. The van der Waals surface area contributed by atoms with Gasteiger partial charge in [-0.3, -0.25) is 0 Å². The second-order valence-corrected chi connectivity index (χ2v) is 16.1. The van der Waals surface area contributed by atoms with Gasteiger partial charge in [-0.05, 0) is 120 Å². The molecular formula is C55H38N2S. The first-order valence-corrected chi connectivity index (χ1v) is 20.8. The molecule has 0 saturated carbocycles. The number of para-hydroxylation sites is 3. The summed E-state index contributed by atoms with van der Waals surface area (Å²) >= 11 is 1.88. The van der Waals surface area contributed by atoms with Crippen LogP contribution in [0.1, 0.15) is 35.7 Å². The van der Waals surface area contributed by atoms with Crippen molar-refractivity contribution in [3.05, 3.63) is 198 Å². The van der Waals surface area contributed by atoms with Gasteiger partial charge in [-0.2, -0.15) is 0 Å². The Balaban J connectivity index is 1.11. The maximum atomic E-state index is 5.69. The fraction of sp³-hybridized carbons (Fsp3) is 0.0545. The Morgan fingerprint density at radius 3 is 2.14 bits per heavy atom. The zero-order valence-electron chi connectivity index (χ0n) is 32.1. The summed E-state index contributed by atoms with van der Waals surface area (Å²) in [6, 6.07) is 57.9. The molecule has 0 bridgehead atoms. The highest BCUT2D eigenvalue weighted by molar-refractivity contribution is 7.26. The molecule has 0 atom stereocenters. The average molecular weight is 759 g/mol. The number of hydrogen-bond donors (Lipinski definition) is 0. The molecule has 274 valence electrons. The van der Waals surface area contributed by atoms with E-state index in [2.05, 4.69) is 192 Å². The van der Waals surface area contributed by atoms with Gasteiger partial charge in [0.1, 0.15) is 0 Å². The van der Waals surface area contributed by atoms with E-state index in [9.17, 15) is 0 Å². The highest BCUT2D eigenvalue weighted by Gasteiger charge is 2.24. The molecule has 1 aliphatic rings. The van der Waals surface area contributed by atoms with Crippen LogP contribution in [0.3, 0.4) is 0 Å². The molecule has 3 heteroatoms. The van der Waals surface area contributed by atoms with Crippen molar-refractivity contribution < 1.29 is 0 Å². The molecule has 1 aliphatic carbocycles. The van der Waals surface area contributed by atoms with E-state index in [1.807, 2.05) is 17.4 Å². The van der Waals surface area contributed by atoms with E-state index in [0.29, 0.717) is 0 Å². The van der Waals surface area contributed by atoms with Gasteiger partial charge < -0.3 is 9.13 Å². The number of thiophene rings is 1. The molecule has 0 N–H and O–H groups in total. The van der Waals surface area contributed by atoms with Gasteiger partial charge in [0.15, 0.2) is 0 Å². The second-order valence-electron chi connectivity index (χ2n) is 15.1. The quantitative estimate of drug-likeness (QED) is 0.118. The topological polar surface area (TPSA) is 9.86 Å². The number of rotatable bonds is 6. The van der Waals surface area contributed by atoms with Crippen LogP contribution in [0.5, 0.6) is 0 Å². The van der Waals surface area contributed by atoms with Crippen molar-refractivity contribution in [3.63, 3.8) is 0 Å². The number of allylic oxidation sites excluding steroid dienone is 5. The minimum absolute atomic E-state index is 0.938. The van der Waals surface area contributed by atoms with Crippen molar-refractivity contribution in [3.8, 4) is 34.8 Å². The molecule has 0 fully saturated rings. The summed E-state index contributed by atoms with van der Waals surface area (Å²) in [6.07, 6.45) is 16.0. The molecule has 0 amide bonds. The largest absolute Gasteiger partial charge is 0.313 e. The summed E-state index contributed by atoms with van der Waals surface area (Å²) in [7, 11) is 0. The van der Waals surface area contributed by atoms with Crippen LogP contribution in [0.15, 0.2) is 176 Å². The van der Waals surface area contributed by atoms with E-state index in [0.717, 1.165) is 18.4 Å². The first-order valence-electron chi connectivity index (χ1n) is 20.0. The molecule has 7 aromatic carbocycles. The van der Waals surface area contributed by atoms with Gasteiger partial charge >= 0.3 is 0 Å². The van der Waals surface area contributed by atoms with Crippen molar-refractivity contribution in [2.45, 2.75) is 19.8 Å². The van der Waals surface area contributed by atoms with Crippen LogP contribution in [0.2, 0.25) is 0 Å². The zero-order chi connectivity index (χ0) is 38.7. The number of fused-ring (bicyclic) bond motifs is 9. The highest BCUT2D eigenvalue weighted by atomic mass is 32.1. The normalized spacial score (nSPS) is 13.2. The third kappa shape index (κ3) is 5.34. The third-order valence-corrected chi connectivity index (χ3v) is 13.2. The lowest BCUT2D eigenvalue weighted by Gasteiger charge is -2.19. The lowest BCUT2D eigenvalue weighted by Crippen LogP contribution is -2.05. The fourth-order valence-electron chi connectivity index (χ4n) is 9.37. The van der Waals surface area contributed by atoms with Gasteiger partial charge in [-0.25, -0.2) is 0 Å². The van der Waals surface area contributed by atoms with Crippen LogP contribution in [0, 0.1) is 12.3 Å². The summed E-state index contributed by atoms with van der Waals surface area (Å²) in [5.41, 5.74) is 16.1. The Labute approximate surface area is 341 Å². The molecule has 0 unspecified atom stereocenters. The molecule has 0 radical (unpaired) electrons. The molecule has 0 aliphatic heterocycles. The first kappa shape index (κ1) is 34.2. The van der Waals surface area contributed by atoms with Crippen molar-refractivity contribution in [2.75, 3.05) is 0 Å². The molecule has 10 aromatic rings. The summed E-state index contributed by atoms with van der Waals surface area (Å²) < 4.78 is 7.53. The molecule has 0 saturated heterocycles. The van der Waals surface area contributed by atoms with E-state index in [4.69, 9.17) is 6.42 Å². The number of nitrogens with zero attached hydrogens (tertiary/aromatic N) is 2. The van der Waals surface area contributed by atoms with Crippen LogP contribution >= 0.6 is 11.3 Å².